The third-order valence-electron chi connectivity index (χ3n) is 5.77. The van der Waals surface area contributed by atoms with Crippen molar-refractivity contribution < 1.29 is 4.74 Å². The van der Waals surface area contributed by atoms with E-state index in [2.05, 4.69) is 16.0 Å². The Morgan fingerprint density at radius 3 is 2.58 bits per heavy atom. The van der Waals surface area contributed by atoms with Gasteiger partial charge in [-0.2, -0.15) is 0 Å². The summed E-state index contributed by atoms with van der Waals surface area (Å²) in [4.78, 5) is 17.0. The summed E-state index contributed by atoms with van der Waals surface area (Å²) in [5, 5.41) is 1.94. The quantitative estimate of drug-likeness (QED) is 0.629. The van der Waals surface area contributed by atoms with E-state index in [0.717, 1.165) is 47.2 Å². The van der Waals surface area contributed by atoms with E-state index in [0.29, 0.717) is 18.0 Å². The van der Waals surface area contributed by atoms with Crippen LogP contribution in [0.3, 0.4) is 0 Å². The van der Waals surface area contributed by atoms with Crippen molar-refractivity contribution >= 4 is 28.5 Å². The molecule has 0 radical (unpaired) electrons. The highest BCUT2D eigenvalue weighted by molar-refractivity contribution is 7.98. The Kier molecular flexibility index (Phi) is 3.63. The number of hydrogen-bond acceptors (Lipinski definition) is 6. The molecule has 3 aliphatic heterocycles. The van der Waals surface area contributed by atoms with Gasteiger partial charge in [-0.25, -0.2) is 15.0 Å². The minimum absolute atomic E-state index is 0.411. The highest BCUT2D eigenvalue weighted by atomic mass is 32.2. The van der Waals surface area contributed by atoms with Gasteiger partial charge in [0.05, 0.1) is 6.61 Å². The van der Waals surface area contributed by atoms with E-state index in [-0.39, 0.29) is 0 Å². The maximum atomic E-state index is 5.59. The number of ether oxygens (including phenoxy) is 1. The first-order valence-corrected chi connectivity index (χ1v) is 10.1. The third kappa shape index (κ3) is 2.30. The van der Waals surface area contributed by atoms with Gasteiger partial charge in [0, 0.05) is 41.9 Å². The van der Waals surface area contributed by atoms with Crippen LogP contribution in [0.15, 0.2) is 17.4 Å². The average Bonchev–Trinajstić information content (AvgIpc) is 3.37. The highest BCUT2D eigenvalue weighted by Crippen LogP contribution is 2.43. The first kappa shape index (κ1) is 14.9. The summed E-state index contributed by atoms with van der Waals surface area (Å²) in [5.41, 5.74) is 2.18. The summed E-state index contributed by atoms with van der Waals surface area (Å²) >= 11 is 1.59. The Balaban J connectivity index is 1.68. The molecule has 6 heteroatoms. The van der Waals surface area contributed by atoms with Crippen molar-refractivity contribution in [2.45, 2.75) is 55.3 Å². The van der Waals surface area contributed by atoms with Gasteiger partial charge in [-0.15, -0.1) is 0 Å². The van der Waals surface area contributed by atoms with Crippen LogP contribution in [0, 0.1) is 0 Å². The molecule has 126 valence electrons. The lowest BCUT2D eigenvalue weighted by molar-refractivity contribution is 0.193. The second kappa shape index (κ2) is 5.85. The lowest BCUT2D eigenvalue weighted by atomic mass is 10.0. The molecule has 2 aromatic rings. The van der Waals surface area contributed by atoms with E-state index in [4.69, 9.17) is 14.7 Å². The zero-order valence-electron chi connectivity index (χ0n) is 13.9. The van der Waals surface area contributed by atoms with Gasteiger partial charge >= 0.3 is 0 Å². The molecule has 5 nitrogen and oxygen atoms in total. The van der Waals surface area contributed by atoms with Gasteiger partial charge in [0.15, 0.2) is 11.0 Å². The Morgan fingerprint density at radius 2 is 1.92 bits per heavy atom. The van der Waals surface area contributed by atoms with Gasteiger partial charge in [-0.1, -0.05) is 11.8 Å². The standard InChI is InChI=1S/C18H22N4OS/c1-24-18-19-9-12-8-15(11-6-7-23-10-11)20-17(16(12)21-18)22-13-2-3-14(22)5-4-13/h8-9,11,13-14H,2-7,10H2,1H3. The lowest BCUT2D eigenvalue weighted by Crippen LogP contribution is -2.29. The summed E-state index contributed by atoms with van der Waals surface area (Å²) in [7, 11) is 0. The highest BCUT2D eigenvalue weighted by Gasteiger charge is 2.41. The predicted octanol–water partition coefficient (Wildman–Crippen LogP) is 3.38. The monoisotopic (exact) mass is 342 g/mol. The molecule has 0 N–H and O–H groups in total. The zero-order valence-corrected chi connectivity index (χ0v) is 14.8. The molecule has 2 bridgehead atoms. The molecule has 3 saturated heterocycles. The van der Waals surface area contributed by atoms with Gasteiger partial charge in [-0.05, 0) is 44.4 Å². The second-order valence-electron chi connectivity index (χ2n) is 7.10. The SMILES string of the molecule is CSc1ncc2cc(C3CCOC3)nc(N3C4CCC3CC4)c2n1. The van der Waals surface area contributed by atoms with Crippen molar-refractivity contribution in [1.82, 2.24) is 15.0 Å². The van der Waals surface area contributed by atoms with Crippen LogP contribution in [0.4, 0.5) is 5.82 Å². The second-order valence-corrected chi connectivity index (χ2v) is 7.87. The van der Waals surface area contributed by atoms with Crippen molar-refractivity contribution in [2.24, 2.45) is 0 Å². The number of aromatic nitrogens is 3. The number of hydrogen-bond donors (Lipinski definition) is 0. The first-order chi connectivity index (χ1) is 11.8. The Bertz CT molecular complexity index is 757. The summed E-state index contributed by atoms with van der Waals surface area (Å²) in [6.07, 6.45) is 10.2. The van der Waals surface area contributed by atoms with Crippen molar-refractivity contribution in [1.29, 1.82) is 0 Å². The predicted molar refractivity (Wildman–Crippen MR) is 95.8 cm³/mol. The zero-order chi connectivity index (χ0) is 16.1. The maximum Gasteiger partial charge on any atom is 0.187 e. The van der Waals surface area contributed by atoms with Crippen molar-refractivity contribution in [3.05, 3.63) is 18.0 Å². The van der Waals surface area contributed by atoms with Crippen molar-refractivity contribution in [2.75, 3.05) is 24.4 Å². The van der Waals surface area contributed by atoms with Crippen molar-refractivity contribution in [3.8, 4) is 0 Å². The molecule has 24 heavy (non-hydrogen) atoms. The molecule has 0 aromatic carbocycles. The first-order valence-electron chi connectivity index (χ1n) is 8.91. The summed E-state index contributed by atoms with van der Waals surface area (Å²) in [6, 6.07) is 3.47. The maximum absolute atomic E-state index is 5.59. The van der Waals surface area contributed by atoms with E-state index in [1.807, 2.05) is 12.5 Å². The number of thioether (sulfide) groups is 1. The van der Waals surface area contributed by atoms with Crippen LogP contribution < -0.4 is 4.90 Å². The Hall–Kier alpha value is -1.40. The topological polar surface area (TPSA) is 51.1 Å². The molecular weight excluding hydrogens is 320 g/mol. The smallest absolute Gasteiger partial charge is 0.187 e. The molecule has 3 aliphatic rings. The number of nitrogens with zero attached hydrogens (tertiary/aromatic N) is 4. The van der Waals surface area contributed by atoms with Gasteiger partial charge < -0.3 is 9.64 Å². The fraction of sp³-hybridized carbons (Fsp3) is 0.611. The lowest BCUT2D eigenvalue weighted by Gasteiger charge is -2.25. The number of anilines is 1. The molecular formula is C18H22N4OS. The van der Waals surface area contributed by atoms with Crippen LogP contribution in [0.2, 0.25) is 0 Å². The van der Waals surface area contributed by atoms with Crippen LogP contribution in [-0.2, 0) is 4.74 Å². The molecule has 1 unspecified atom stereocenters. The molecule has 2 aromatic heterocycles. The molecule has 0 aliphatic carbocycles. The largest absolute Gasteiger partial charge is 0.381 e. The van der Waals surface area contributed by atoms with Gasteiger partial charge in [0.1, 0.15) is 5.52 Å². The molecule has 0 spiro atoms. The van der Waals surface area contributed by atoms with Gasteiger partial charge in [-0.3, -0.25) is 0 Å². The van der Waals surface area contributed by atoms with E-state index in [1.165, 1.54) is 25.7 Å². The normalized spacial score (nSPS) is 29.0. The molecule has 5 heterocycles. The van der Waals surface area contributed by atoms with E-state index in [9.17, 15) is 0 Å². The number of pyridine rings is 1. The van der Waals surface area contributed by atoms with E-state index in [1.54, 1.807) is 11.8 Å². The van der Waals surface area contributed by atoms with Gasteiger partial charge in [0.2, 0.25) is 0 Å². The summed E-state index contributed by atoms with van der Waals surface area (Å²) in [6.45, 7) is 1.63. The van der Waals surface area contributed by atoms with Crippen LogP contribution in [-0.4, -0.2) is 46.5 Å². The van der Waals surface area contributed by atoms with Crippen LogP contribution in [0.5, 0.6) is 0 Å². The summed E-state index contributed by atoms with van der Waals surface area (Å²) in [5.74, 6) is 1.51. The van der Waals surface area contributed by atoms with Crippen LogP contribution in [0.25, 0.3) is 10.9 Å². The average molecular weight is 342 g/mol. The fourth-order valence-corrected chi connectivity index (χ4v) is 4.88. The third-order valence-corrected chi connectivity index (χ3v) is 6.34. The van der Waals surface area contributed by atoms with E-state index < -0.39 is 0 Å². The van der Waals surface area contributed by atoms with Gasteiger partial charge in [0.25, 0.3) is 0 Å². The van der Waals surface area contributed by atoms with Crippen LogP contribution in [0.1, 0.15) is 43.7 Å². The number of fused-ring (bicyclic) bond motifs is 3. The minimum atomic E-state index is 0.411. The Morgan fingerprint density at radius 1 is 1.12 bits per heavy atom. The summed E-state index contributed by atoms with van der Waals surface area (Å²) < 4.78 is 5.59. The van der Waals surface area contributed by atoms with Crippen LogP contribution >= 0.6 is 11.8 Å². The number of rotatable bonds is 3. The molecule has 3 fully saturated rings. The molecule has 1 atom stereocenters. The molecule has 5 rings (SSSR count). The molecule has 0 saturated carbocycles. The fourth-order valence-electron chi connectivity index (χ4n) is 4.54. The van der Waals surface area contributed by atoms with E-state index >= 15 is 0 Å². The molecule has 0 amide bonds. The minimum Gasteiger partial charge on any atom is -0.381 e. The Labute approximate surface area is 146 Å². The van der Waals surface area contributed by atoms with Crippen molar-refractivity contribution in [3.63, 3.8) is 0 Å².